The Balaban J connectivity index is 1.55. The van der Waals surface area contributed by atoms with Gasteiger partial charge >= 0.3 is 0 Å². The van der Waals surface area contributed by atoms with Gasteiger partial charge in [-0.05, 0) is 44.9 Å². The lowest BCUT2D eigenvalue weighted by Crippen LogP contribution is -2.29. The fraction of sp³-hybridized carbons (Fsp3) is 0.320. The fourth-order valence-corrected chi connectivity index (χ4v) is 4.38. The Hall–Kier alpha value is -2.69. The van der Waals surface area contributed by atoms with Gasteiger partial charge in [-0.25, -0.2) is 0 Å². The first-order chi connectivity index (χ1) is 13.8. The minimum atomic E-state index is -0.545. The van der Waals surface area contributed by atoms with Gasteiger partial charge in [-0.2, -0.15) is 0 Å². The van der Waals surface area contributed by atoms with Gasteiger partial charge in [0.25, 0.3) is 0 Å². The van der Waals surface area contributed by atoms with E-state index in [1.165, 1.54) is 0 Å². The Morgan fingerprint density at radius 3 is 2.62 bits per heavy atom. The molecule has 1 aliphatic carbocycles. The molecule has 0 radical (unpaired) electrons. The number of hydrogen-bond donors (Lipinski definition) is 0. The summed E-state index contributed by atoms with van der Waals surface area (Å²) in [5.74, 6) is 0.229. The molecule has 0 N–H and O–H groups in total. The van der Waals surface area contributed by atoms with Crippen LogP contribution in [0, 0.1) is 0 Å². The SMILES string of the molecule is CC1(C)OCC(/C=C/c2ccc3c(c2)C(C)(C)c2oc4ccccc4c2C3=O)O1. The average molecular weight is 388 g/mol. The van der Waals surface area contributed by atoms with Gasteiger partial charge in [0.2, 0.25) is 0 Å². The van der Waals surface area contributed by atoms with Crippen molar-refractivity contribution in [2.75, 3.05) is 6.61 Å². The first-order valence-electron chi connectivity index (χ1n) is 9.97. The molecule has 148 valence electrons. The molecule has 2 heterocycles. The van der Waals surface area contributed by atoms with Crippen LogP contribution in [0.15, 0.2) is 53.0 Å². The zero-order chi connectivity index (χ0) is 20.4. The summed E-state index contributed by atoms with van der Waals surface area (Å²) < 4.78 is 17.6. The number of hydrogen-bond acceptors (Lipinski definition) is 4. The number of rotatable bonds is 2. The summed E-state index contributed by atoms with van der Waals surface area (Å²) >= 11 is 0. The van der Waals surface area contributed by atoms with Crippen molar-refractivity contribution in [3.8, 4) is 0 Å². The largest absolute Gasteiger partial charge is 0.459 e. The van der Waals surface area contributed by atoms with E-state index in [0.29, 0.717) is 12.2 Å². The standard InChI is InChI=1S/C25H24O4/c1-24(2)19-13-15(9-11-16-14-27-25(3,4)29-16)10-12-17(19)22(26)21-18-7-5-6-8-20(18)28-23(21)24/h5-13,16H,14H2,1-4H3/b11-9+. The van der Waals surface area contributed by atoms with E-state index in [4.69, 9.17) is 13.9 Å². The van der Waals surface area contributed by atoms with Crippen LogP contribution in [0.1, 0.15) is 60.5 Å². The molecular formula is C25H24O4. The van der Waals surface area contributed by atoms with Crippen molar-refractivity contribution in [3.63, 3.8) is 0 Å². The number of para-hydroxylation sites is 1. The molecule has 2 aromatic carbocycles. The van der Waals surface area contributed by atoms with Crippen LogP contribution >= 0.6 is 0 Å². The second kappa shape index (κ2) is 6.15. The van der Waals surface area contributed by atoms with Crippen LogP contribution in [-0.4, -0.2) is 24.3 Å². The molecule has 1 saturated heterocycles. The van der Waals surface area contributed by atoms with Crippen molar-refractivity contribution in [1.29, 1.82) is 0 Å². The van der Waals surface area contributed by atoms with E-state index in [1.807, 2.05) is 62.4 Å². The van der Waals surface area contributed by atoms with Crippen LogP contribution in [0.3, 0.4) is 0 Å². The number of fused-ring (bicyclic) bond motifs is 4. The highest BCUT2D eigenvalue weighted by molar-refractivity contribution is 6.19. The lowest BCUT2D eigenvalue weighted by molar-refractivity contribution is -0.133. The van der Waals surface area contributed by atoms with Crippen LogP contribution in [0.4, 0.5) is 0 Å². The maximum atomic E-state index is 13.3. The summed E-state index contributed by atoms with van der Waals surface area (Å²) in [6.45, 7) is 8.60. The number of carbonyl (C=O) groups excluding carboxylic acids is 1. The third kappa shape index (κ3) is 2.86. The van der Waals surface area contributed by atoms with Crippen molar-refractivity contribution in [2.45, 2.75) is 45.0 Å². The molecule has 4 nitrogen and oxygen atoms in total. The summed E-state index contributed by atoms with van der Waals surface area (Å²) in [4.78, 5) is 13.3. The van der Waals surface area contributed by atoms with E-state index in [1.54, 1.807) is 0 Å². The van der Waals surface area contributed by atoms with E-state index in [2.05, 4.69) is 19.9 Å². The third-order valence-corrected chi connectivity index (χ3v) is 5.89. The van der Waals surface area contributed by atoms with Gasteiger partial charge in [-0.15, -0.1) is 0 Å². The number of furan rings is 1. The number of ketones is 1. The third-order valence-electron chi connectivity index (χ3n) is 5.89. The molecule has 2 aliphatic rings. The van der Waals surface area contributed by atoms with Gasteiger partial charge in [0, 0.05) is 16.4 Å². The minimum absolute atomic E-state index is 0.0316. The van der Waals surface area contributed by atoms with Crippen molar-refractivity contribution in [3.05, 3.63) is 76.6 Å². The van der Waals surface area contributed by atoms with Crippen LogP contribution in [-0.2, 0) is 14.9 Å². The van der Waals surface area contributed by atoms with Gasteiger partial charge in [-0.3, -0.25) is 4.79 Å². The van der Waals surface area contributed by atoms with E-state index < -0.39 is 11.2 Å². The Bertz CT molecular complexity index is 1160. The van der Waals surface area contributed by atoms with Crippen LogP contribution in [0.5, 0.6) is 0 Å². The average Bonchev–Trinajstić information content (AvgIpc) is 3.25. The summed E-state index contributed by atoms with van der Waals surface area (Å²) in [6.07, 6.45) is 3.98. The molecule has 1 fully saturated rings. The quantitative estimate of drug-likeness (QED) is 0.584. The molecule has 4 heteroatoms. The number of carbonyl (C=O) groups is 1. The second-order valence-electron chi connectivity index (χ2n) is 8.79. The smallest absolute Gasteiger partial charge is 0.197 e. The highest BCUT2D eigenvalue weighted by atomic mass is 16.7. The van der Waals surface area contributed by atoms with E-state index >= 15 is 0 Å². The monoisotopic (exact) mass is 388 g/mol. The Morgan fingerprint density at radius 1 is 1.07 bits per heavy atom. The van der Waals surface area contributed by atoms with E-state index in [0.717, 1.165) is 33.4 Å². The summed E-state index contributed by atoms with van der Waals surface area (Å²) in [5.41, 5.74) is 3.80. The first-order valence-corrected chi connectivity index (χ1v) is 9.97. The van der Waals surface area contributed by atoms with Crippen molar-refractivity contribution in [2.24, 2.45) is 0 Å². The zero-order valence-corrected chi connectivity index (χ0v) is 17.1. The lowest BCUT2D eigenvalue weighted by atomic mass is 9.71. The predicted octanol–water partition coefficient (Wildman–Crippen LogP) is 5.47. The zero-order valence-electron chi connectivity index (χ0n) is 17.1. The lowest BCUT2D eigenvalue weighted by Gasteiger charge is -2.30. The highest BCUT2D eigenvalue weighted by Gasteiger charge is 2.41. The fourth-order valence-electron chi connectivity index (χ4n) is 4.38. The van der Waals surface area contributed by atoms with E-state index in [-0.39, 0.29) is 11.9 Å². The van der Waals surface area contributed by atoms with Gasteiger partial charge in [-0.1, -0.05) is 48.6 Å². The normalized spacial score (nSPS) is 22.2. The molecule has 1 atom stereocenters. The molecule has 1 unspecified atom stereocenters. The maximum Gasteiger partial charge on any atom is 0.197 e. The van der Waals surface area contributed by atoms with Crippen molar-refractivity contribution in [1.82, 2.24) is 0 Å². The van der Waals surface area contributed by atoms with Crippen LogP contribution < -0.4 is 0 Å². The first kappa shape index (κ1) is 18.3. The molecule has 3 aromatic rings. The molecule has 5 rings (SSSR count). The number of benzene rings is 2. The van der Waals surface area contributed by atoms with Crippen LogP contribution in [0.2, 0.25) is 0 Å². The van der Waals surface area contributed by atoms with Gasteiger partial charge in [0.05, 0.1) is 12.2 Å². The molecule has 0 bridgehead atoms. The Labute approximate surface area is 170 Å². The molecule has 0 saturated carbocycles. The highest BCUT2D eigenvalue weighted by Crippen LogP contribution is 2.45. The molecule has 0 spiro atoms. The van der Waals surface area contributed by atoms with E-state index in [9.17, 15) is 4.79 Å². The molecule has 1 aromatic heterocycles. The molecule has 29 heavy (non-hydrogen) atoms. The molecule has 0 amide bonds. The molecule has 1 aliphatic heterocycles. The Kier molecular flexibility index (Phi) is 3.89. The minimum Gasteiger partial charge on any atom is -0.459 e. The van der Waals surface area contributed by atoms with Crippen LogP contribution in [0.25, 0.3) is 17.0 Å². The Morgan fingerprint density at radius 2 is 1.86 bits per heavy atom. The van der Waals surface area contributed by atoms with Crippen molar-refractivity contribution >= 4 is 22.8 Å². The predicted molar refractivity (Wildman–Crippen MR) is 112 cm³/mol. The summed E-state index contributed by atoms with van der Waals surface area (Å²) in [5, 5.41) is 0.885. The number of ether oxygens (including phenoxy) is 2. The molecular weight excluding hydrogens is 364 g/mol. The summed E-state index contributed by atoms with van der Waals surface area (Å²) in [7, 11) is 0. The maximum absolute atomic E-state index is 13.3. The van der Waals surface area contributed by atoms with Gasteiger partial charge in [0.15, 0.2) is 11.6 Å². The van der Waals surface area contributed by atoms with Crippen molar-refractivity contribution < 1.29 is 18.7 Å². The van der Waals surface area contributed by atoms with Gasteiger partial charge in [0.1, 0.15) is 17.4 Å². The van der Waals surface area contributed by atoms with Gasteiger partial charge < -0.3 is 13.9 Å². The topological polar surface area (TPSA) is 48.7 Å². The second-order valence-corrected chi connectivity index (χ2v) is 8.79. The summed E-state index contributed by atoms with van der Waals surface area (Å²) in [6, 6.07) is 13.7.